The lowest BCUT2D eigenvalue weighted by Gasteiger charge is -2.19. The highest BCUT2D eigenvalue weighted by Gasteiger charge is 2.29. The topological polar surface area (TPSA) is 115 Å². The van der Waals surface area contributed by atoms with Crippen LogP contribution in [0.25, 0.3) is 11.3 Å². The zero-order chi connectivity index (χ0) is 19.3. The van der Waals surface area contributed by atoms with E-state index in [4.69, 9.17) is 14.2 Å². The van der Waals surface area contributed by atoms with Gasteiger partial charge in [-0.3, -0.25) is 4.79 Å². The third kappa shape index (κ3) is 3.76. The lowest BCUT2D eigenvalue weighted by molar-refractivity contribution is -0.144. The summed E-state index contributed by atoms with van der Waals surface area (Å²) in [6.07, 6.45) is 0. The number of esters is 1. The average Bonchev–Trinajstić information content (AvgIpc) is 3.13. The Morgan fingerprint density at radius 1 is 1.12 bits per heavy atom. The van der Waals surface area contributed by atoms with Gasteiger partial charge >= 0.3 is 5.97 Å². The highest BCUT2D eigenvalue weighted by atomic mass is 16.5. The summed E-state index contributed by atoms with van der Waals surface area (Å²) in [6.45, 7) is 3.60. The number of methoxy groups -OCH3 is 3. The molecular formula is C17H22N4O5. The van der Waals surface area contributed by atoms with Gasteiger partial charge in [-0.15, -0.1) is 0 Å². The largest absolute Gasteiger partial charge is 0.493 e. The summed E-state index contributed by atoms with van der Waals surface area (Å²) in [5.41, 5.74) is 0.849. The second-order valence-corrected chi connectivity index (χ2v) is 5.78. The van der Waals surface area contributed by atoms with Gasteiger partial charge in [0.05, 0.1) is 26.9 Å². The number of carbonyl (C=O) groups is 2. The Balaban J connectivity index is 2.40. The fourth-order valence-electron chi connectivity index (χ4n) is 2.48. The first-order chi connectivity index (χ1) is 12.4. The van der Waals surface area contributed by atoms with Gasteiger partial charge in [0.2, 0.25) is 0 Å². The summed E-state index contributed by atoms with van der Waals surface area (Å²) in [7, 11) is 4.28. The van der Waals surface area contributed by atoms with Crippen LogP contribution >= 0.6 is 0 Å². The molecule has 1 atom stereocenters. The molecule has 1 aromatic heterocycles. The lowest BCUT2D eigenvalue weighted by atomic mass is 10.0. The van der Waals surface area contributed by atoms with Gasteiger partial charge in [-0.25, -0.2) is 4.79 Å². The van der Waals surface area contributed by atoms with Crippen molar-refractivity contribution < 1.29 is 23.8 Å². The van der Waals surface area contributed by atoms with Crippen molar-refractivity contribution in [3.63, 3.8) is 0 Å². The number of carbonyl (C=O) groups excluding carboxylic acids is 2. The van der Waals surface area contributed by atoms with E-state index < -0.39 is 17.9 Å². The molecular weight excluding hydrogens is 340 g/mol. The monoisotopic (exact) mass is 362 g/mol. The molecule has 0 aliphatic heterocycles. The Bertz CT molecular complexity index is 787. The molecule has 0 fully saturated rings. The fourth-order valence-corrected chi connectivity index (χ4v) is 2.48. The van der Waals surface area contributed by atoms with E-state index in [0.717, 1.165) is 0 Å². The summed E-state index contributed by atoms with van der Waals surface area (Å²) in [6, 6.07) is 4.41. The lowest BCUT2D eigenvalue weighted by Crippen LogP contribution is -2.45. The molecule has 0 aliphatic rings. The van der Waals surface area contributed by atoms with Gasteiger partial charge in [0, 0.05) is 0 Å². The van der Waals surface area contributed by atoms with E-state index in [-0.39, 0.29) is 17.3 Å². The molecule has 1 amide bonds. The van der Waals surface area contributed by atoms with Crippen LogP contribution in [0.15, 0.2) is 18.2 Å². The van der Waals surface area contributed by atoms with E-state index >= 15 is 0 Å². The summed E-state index contributed by atoms with van der Waals surface area (Å²) < 4.78 is 15.4. The number of amides is 1. The third-order valence-electron chi connectivity index (χ3n) is 3.83. The minimum atomic E-state index is -0.802. The van der Waals surface area contributed by atoms with Crippen molar-refractivity contribution in [3.8, 4) is 22.8 Å². The van der Waals surface area contributed by atoms with Gasteiger partial charge in [-0.1, -0.05) is 19.9 Å². The number of H-pyrrole nitrogens is 1. The van der Waals surface area contributed by atoms with Crippen molar-refractivity contribution in [3.05, 3.63) is 23.9 Å². The number of rotatable bonds is 7. The molecule has 0 saturated carbocycles. The van der Waals surface area contributed by atoms with Crippen LogP contribution in [0.1, 0.15) is 24.3 Å². The van der Waals surface area contributed by atoms with Crippen molar-refractivity contribution in [1.29, 1.82) is 0 Å². The Kier molecular flexibility index (Phi) is 6.16. The number of hydrogen-bond donors (Lipinski definition) is 2. The number of nitrogens with one attached hydrogen (secondary N) is 2. The van der Waals surface area contributed by atoms with Crippen molar-refractivity contribution in [2.45, 2.75) is 19.9 Å². The molecule has 0 radical (unpaired) electrons. The zero-order valence-electron chi connectivity index (χ0n) is 15.3. The quantitative estimate of drug-likeness (QED) is 0.716. The summed E-state index contributed by atoms with van der Waals surface area (Å²) in [4.78, 5) is 24.6. The van der Waals surface area contributed by atoms with Crippen LogP contribution in [0.5, 0.6) is 11.5 Å². The van der Waals surface area contributed by atoms with E-state index in [2.05, 4.69) is 20.7 Å². The van der Waals surface area contributed by atoms with E-state index in [1.807, 2.05) is 0 Å². The van der Waals surface area contributed by atoms with Crippen molar-refractivity contribution in [1.82, 2.24) is 20.7 Å². The molecule has 1 aromatic carbocycles. The van der Waals surface area contributed by atoms with Crippen LogP contribution in [0, 0.1) is 5.92 Å². The highest BCUT2D eigenvalue weighted by molar-refractivity contribution is 6.00. The maximum atomic E-state index is 12.7. The van der Waals surface area contributed by atoms with Gasteiger partial charge in [-0.05, 0) is 18.1 Å². The number of nitrogens with zero attached hydrogens (tertiary/aromatic N) is 2. The molecule has 0 saturated heterocycles. The minimum absolute atomic E-state index is 0.0334. The number of ether oxygens (including phenoxy) is 3. The van der Waals surface area contributed by atoms with Crippen LogP contribution in [-0.2, 0) is 9.53 Å². The molecule has 140 valence electrons. The van der Waals surface area contributed by atoms with Crippen LogP contribution < -0.4 is 14.8 Å². The van der Waals surface area contributed by atoms with Crippen molar-refractivity contribution in [2.24, 2.45) is 5.92 Å². The molecule has 2 N–H and O–H groups in total. The smallest absolute Gasteiger partial charge is 0.328 e. The Hall–Kier alpha value is -3.10. The Morgan fingerprint density at radius 2 is 1.85 bits per heavy atom. The second-order valence-electron chi connectivity index (χ2n) is 5.78. The van der Waals surface area contributed by atoms with E-state index in [0.29, 0.717) is 17.1 Å². The molecule has 2 rings (SSSR count). The Morgan fingerprint density at radius 3 is 2.42 bits per heavy atom. The molecule has 0 aliphatic carbocycles. The minimum Gasteiger partial charge on any atom is -0.493 e. The van der Waals surface area contributed by atoms with Gasteiger partial charge in [0.15, 0.2) is 17.2 Å². The molecule has 9 nitrogen and oxygen atoms in total. The van der Waals surface area contributed by atoms with E-state index in [1.54, 1.807) is 32.0 Å². The summed E-state index contributed by atoms with van der Waals surface area (Å²) in [5.74, 6) is -0.325. The maximum Gasteiger partial charge on any atom is 0.328 e. The van der Waals surface area contributed by atoms with Crippen molar-refractivity contribution >= 4 is 11.9 Å². The van der Waals surface area contributed by atoms with Gasteiger partial charge in [0.25, 0.3) is 5.91 Å². The molecule has 9 heteroatoms. The normalized spacial score (nSPS) is 11.8. The second kappa shape index (κ2) is 8.32. The molecule has 2 aromatic rings. The van der Waals surface area contributed by atoms with E-state index in [9.17, 15) is 9.59 Å². The van der Waals surface area contributed by atoms with Crippen LogP contribution in [-0.4, -0.2) is 54.7 Å². The fraction of sp³-hybridized carbons (Fsp3) is 0.412. The number of hydrogen-bond acceptors (Lipinski definition) is 7. The van der Waals surface area contributed by atoms with Gasteiger partial charge < -0.3 is 19.5 Å². The molecule has 0 unspecified atom stereocenters. The molecule has 1 heterocycles. The SMILES string of the molecule is COC(=O)[C@@H](NC(=O)c1n[nH]nc1-c1cccc(OC)c1OC)C(C)C. The molecule has 26 heavy (non-hydrogen) atoms. The first-order valence-electron chi connectivity index (χ1n) is 7.95. The number of para-hydroxylation sites is 1. The highest BCUT2D eigenvalue weighted by Crippen LogP contribution is 2.37. The van der Waals surface area contributed by atoms with Gasteiger partial charge in [-0.2, -0.15) is 15.4 Å². The molecule has 0 bridgehead atoms. The maximum absolute atomic E-state index is 12.7. The van der Waals surface area contributed by atoms with Crippen LogP contribution in [0.2, 0.25) is 0 Å². The van der Waals surface area contributed by atoms with Crippen molar-refractivity contribution in [2.75, 3.05) is 21.3 Å². The first kappa shape index (κ1) is 19.2. The average molecular weight is 362 g/mol. The third-order valence-corrected chi connectivity index (χ3v) is 3.83. The van der Waals surface area contributed by atoms with Crippen LogP contribution in [0.4, 0.5) is 0 Å². The molecule has 0 spiro atoms. The predicted octanol–water partition coefficient (Wildman–Crippen LogP) is 1.42. The standard InChI is InChI=1S/C17H22N4O5/c1-9(2)12(17(23)26-5)18-16(22)14-13(19-21-20-14)10-7-6-8-11(24-3)15(10)25-4/h6-9,12H,1-5H3,(H,18,22)(H,19,20,21)/t12-/m0/s1. The van der Waals surface area contributed by atoms with Gasteiger partial charge in [0.1, 0.15) is 11.7 Å². The van der Waals surface area contributed by atoms with Crippen LogP contribution in [0.3, 0.4) is 0 Å². The number of aromatic nitrogens is 3. The summed E-state index contributed by atoms with van der Waals surface area (Å²) >= 11 is 0. The summed E-state index contributed by atoms with van der Waals surface area (Å²) in [5, 5.41) is 13.1. The first-order valence-corrected chi connectivity index (χ1v) is 7.95. The number of aromatic amines is 1. The predicted molar refractivity (Wildman–Crippen MR) is 93.0 cm³/mol. The number of benzene rings is 1. The Labute approximate surface area is 151 Å². The van der Waals surface area contributed by atoms with E-state index in [1.165, 1.54) is 21.3 Å². The zero-order valence-corrected chi connectivity index (χ0v) is 15.3.